The van der Waals surface area contributed by atoms with Crippen molar-refractivity contribution in [1.82, 2.24) is 9.21 Å². The molecular weight excluding hydrogens is 396 g/mol. The van der Waals surface area contributed by atoms with Crippen molar-refractivity contribution < 1.29 is 13.5 Å². The number of aliphatic hydroxyl groups excluding tert-OH is 1. The van der Waals surface area contributed by atoms with Gasteiger partial charge in [0.1, 0.15) is 0 Å². The minimum absolute atomic E-state index is 0.396. The largest absolute Gasteiger partial charge is 0.387 e. The van der Waals surface area contributed by atoms with Gasteiger partial charge in [0.25, 0.3) is 0 Å². The fourth-order valence-corrected chi connectivity index (χ4v) is 5.77. The van der Waals surface area contributed by atoms with Gasteiger partial charge in [-0.25, -0.2) is 8.42 Å². The van der Waals surface area contributed by atoms with Gasteiger partial charge in [-0.15, -0.1) is 0 Å². The molecule has 0 spiro atoms. The lowest BCUT2D eigenvalue weighted by molar-refractivity contribution is 0.0922. The summed E-state index contributed by atoms with van der Waals surface area (Å²) >= 11 is 0. The summed E-state index contributed by atoms with van der Waals surface area (Å²) in [6, 6.07) is 19.7. The number of fused-ring (bicyclic) bond motifs is 1. The third kappa shape index (κ3) is 4.27. The Morgan fingerprint density at radius 3 is 2.33 bits per heavy atom. The Balaban J connectivity index is 1.41. The number of nitrogens with zero attached hydrogens (tertiary/aromatic N) is 2. The molecule has 1 unspecified atom stereocenters. The van der Waals surface area contributed by atoms with Crippen molar-refractivity contribution in [3.8, 4) is 0 Å². The van der Waals surface area contributed by atoms with Gasteiger partial charge in [0.05, 0.1) is 11.0 Å². The molecule has 1 aliphatic heterocycles. The molecule has 30 heavy (non-hydrogen) atoms. The highest BCUT2D eigenvalue weighted by Gasteiger charge is 2.30. The summed E-state index contributed by atoms with van der Waals surface area (Å²) in [7, 11) is -3.50. The molecule has 0 saturated carbocycles. The molecule has 1 atom stereocenters. The molecule has 1 fully saturated rings. The fourth-order valence-electron chi connectivity index (χ4n) is 4.04. The first-order valence-electron chi connectivity index (χ1n) is 10.3. The Morgan fingerprint density at radius 2 is 1.60 bits per heavy atom. The topological polar surface area (TPSA) is 60.9 Å². The van der Waals surface area contributed by atoms with Gasteiger partial charge in [0.2, 0.25) is 10.0 Å². The Labute approximate surface area is 178 Å². The van der Waals surface area contributed by atoms with E-state index in [2.05, 4.69) is 11.0 Å². The van der Waals surface area contributed by atoms with Gasteiger partial charge >= 0.3 is 0 Å². The van der Waals surface area contributed by atoms with Crippen LogP contribution in [0.1, 0.15) is 22.8 Å². The Kier molecular flexibility index (Phi) is 5.93. The minimum atomic E-state index is -3.50. The maximum atomic E-state index is 13.1. The maximum Gasteiger partial charge on any atom is 0.243 e. The van der Waals surface area contributed by atoms with Gasteiger partial charge in [-0.3, -0.25) is 4.90 Å². The number of benzene rings is 3. The summed E-state index contributed by atoms with van der Waals surface area (Å²) in [4.78, 5) is 2.53. The van der Waals surface area contributed by atoms with Crippen LogP contribution in [0.2, 0.25) is 0 Å². The Morgan fingerprint density at radius 1 is 0.900 bits per heavy atom. The van der Waals surface area contributed by atoms with Crippen molar-refractivity contribution in [2.24, 2.45) is 0 Å². The standard InChI is InChI=1S/C24H28N2O3S/c1-18-7-8-19(2)24(15-18)30(28,29)26-13-11-25(12-14-26)17-23(27)22-10-9-20-5-3-4-6-21(20)16-22/h3-10,15-16,23,27H,11-14,17H2,1-2H3. The van der Waals surface area contributed by atoms with Crippen molar-refractivity contribution in [2.75, 3.05) is 32.7 Å². The number of aliphatic hydroxyl groups is 1. The molecule has 4 rings (SSSR count). The molecule has 6 heteroatoms. The number of hydrogen-bond acceptors (Lipinski definition) is 4. The molecule has 3 aromatic carbocycles. The predicted octanol–water partition coefficient (Wildman–Crippen LogP) is 3.50. The third-order valence-electron chi connectivity index (χ3n) is 5.88. The monoisotopic (exact) mass is 424 g/mol. The van der Waals surface area contributed by atoms with Crippen LogP contribution in [-0.4, -0.2) is 55.5 Å². The van der Waals surface area contributed by atoms with Crippen LogP contribution in [0, 0.1) is 13.8 Å². The molecule has 1 N–H and O–H groups in total. The van der Waals surface area contributed by atoms with E-state index in [-0.39, 0.29) is 0 Å². The van der Waals surface area contributed by atoms with E-state index in [0.717, 1.165) is 27.5 Å². The molecule has 0 aromatic heterocycles. The van der Waals surface area contributed by atoms with E-state index in [9.17, 15) is 13.5 Å². The lowest BCUT2D eigenvalue weighted by atomic mass is 10.0. The molecule has 1 heterocycles. The third-order valence-corrected chi connectivity index (χ3v) is 7.92. The number of sulfonamides is 1. The average molecular weight is 425 g/mol. The van der Waals surface area contributed by atoms with Crippen LogP contribution in [0.5, 0.6) is 0 Å². The van der Waals surface area contributed by atoms with Crippen molar-refractivity contribution in [3.05, 3.63) is 77.4 Å². The zero-order valence-corrected chi connectivity index (χ0v) is 18.3. The number of piperazine rings is 1. The number of β-amino-alcohol motifs (C(OH)–C–C–N with tert-alkyl or cyclic N) is 1. The first kappa shape index (κ1) is 21.0. The van der Waals surface area contributed by atoms with Crippen molar-refractivity contribution in [2.45, 2.75) is 24.8 Å². The smallest absolute Gasteiger partial charge is 0.243 e. The van der Waals surface area contributed by atoms with Gasteiger partial charge < -0.3 is 5.11 Å². The number of hydrogen-bond donors (Lipinski definition) is 1. The normalized spacial score (nSPS) is 17.3. The van der Waals surface area contributed by atoms with Crippen LogP contribution in [0.4, 0.5) is 0 Å². The van der Waals surface area contributed by atoms with Gasteiger partial charge in [0.15, 0.2) is 0 Å². The zero-order chi connectivity index (χ0) is 21.3. The minimum Gasteiger partial charge on any atom is -0.387 e. The average Bonchev–Trinajstić information content (AvgIpc) is 2.75. The lowest BCUT2D eigenvalue weighted by Crippen LogP contribution is -2.49. The molecule has 0 bridgehead atoms. The second-order valence-corrected chi connectivity index (χ2v) is 10.0. The molecule has 0 aliphatic carbocycles. The molecule has 1 saturated heterocycles. The highest BCUT2D eigenvalue weighted by Crippen LogP contribution is 2.24. The van der Waals surface area contributed by atoms with E-state index >= 15 is 0 Å². The summed E-state index contributed by atoms with van der Waals surface area (Å²) in [5.41, 5.74) is 2.60. The zero-order valence-electron chi connectivity index (χ0n) is 17.5. The molecule has 0 radical (unpaired) electrons. The van der Waals surface area contributed by atoms with Gasteiger partial charge in [-0.05, 0) is 53.4 Å². The van der Waals surface area contributed by atoms with Crippen molar-refractivity contribution >= 4 is 20.8 Å². The molecule has 0 amide bonds. The molecule has 158 valence electrons. The van der Waals surface area contributed by atoms with E-state index in [0.29, 0.717) is 37.6 Å². The van der Waals surface area contributed by atoms with Gasteiger partial charge in [-0.2, -0.15) is 4.31 Å². The van der Waals surface area contributed by atoms with Crippen LogP contribution in [0.15, 0.2) is 65.6 Å². The van der Waals surface area contributed by atoms with Crippen LogP contribution in [-0.2, 0) is 10.0 Å². The SMILES string of the molecule is Cc1ccc(C)c(S(=O)(=O)N2CCN(CC(O)c3ccc4ccccc4c3)CC2)c1. The summed E-state index contributed by atoms with van der Waals surface area (Å²) in [6.45, 7) is 6.31. The van der Waals surface area contributed by atoms with E-state index in [1.807, 2.05) is 62.4 Å². The predicted molar refractivity (Wildman–Crippen MR) is 120 cm³/mol. The Hall–Kier alpha value is -2.25. The molecular formula is C24H28N2O3S. The first-order chi connectivity index (χ1) is 14.3. The lowest BCUT2D eigenvalue weighted by Gasteiger charge is -2.35. The van der Waals surface area contributed by atoms with Crippen molar-refractivity contribution in [1.29, 1.82) is 0 Å². The quantitative estimate of drug-likeness (QED) is 0.681. The van der Waals surface area contributed by atoms with Crippen molar-refractivity contribution in [3.63, 3.8) is 0 Å². The molecule has 1 aliphatic rings. The van der Waals surface area contributed by atoms with Gasteiger partial charge in [-0.1, -0.05) is 48.5 Å². The van der Waals surface area contributed by atoms with Crippen LogP contribution in [0.25, 0.3) is 10.8 Å². The second kappa shape index (κ2) is 8.47. The molecule has 3 aromatic rings. The molecule has 5 nitrogen and oxygen atoms in total. The van der Waals surface area contributed by atoms with Gasteiger partial charge in [0, 0.05) is 32.7 Å². The second-order valence-electron chi connectivity index (χ2n) is 8.10. The van der Waals surface area contributed by atoms with E-state index in [1.165, 1.54) is 0 Å². The van der Waals surface area contributed by atoms with Crippen LogP contribution in [0.3, 0.4) is 0 Å². The summed E-state index contributed by atoms with van der Waals surface area (Å²) in [5.74, 6) is 0. The fraction of sp³-hybridized carbons (Fsp3) is 0.333. The van der Waals surface area contributed by atoms with Crippen LogP contribution >= 0.6 is 0 Å². The summed E-state index contributed by atoms with van der Waals surface area (Å²) in [6.07, 6.45) is -0.600. The number of aryl methyl sites for hydroxylation is 2. The van der Waals surface area contributed by atoms with Crippen LogP contribution < -0.4 is 0 Å². The summed E-state index contributed by atoms with van der Waals surface area (Å²) in [5, 5.41) is 13.0. The number of rotatable bonds is 5. The maximum absolute atomic E-state index is 13.1. The van der Waals surface area contributed by atoms with E-state index in [1.54, 1.807) is 10.4 Å². The van der Waals surface area contributed by atoms with E-state index in [4.69, 9.17) is 0 Å². The Bertz CT molecular complexity index is 1150. The highest BCUT2D eigenvalue weighted by atomic mass is 32.2. The first-order valence-corrected chi connectivity index (χ1v) is 11.7. The highest BCUT2D eigenvalue weighted by molar-refractivity contribution is 7.89. The van der Waals surface area contributed by atoms with E-state index < -0.39 is 16.1 Å². The summed E-state index contributed by atoms with van der Waals surface area (Å²) < 4.78 is 27.7.